The topological polar surface area (TPSA) is 127 Å². The van der Waals surface area contributed by atoms with E-state index in [2.05, 4.69) is 20.9 Å². The molecule has 0 aliphatic heterocycles. The SMILES string of the molecule is O.O.O.O=c1[nH]c2ccc(Br)cc2s1. The molecule has 0 fully saturated rings. The van der Waals surface area contributed by atoms with E-state index in [9.17, 15) is 4.79 Å². The van der Waals surface area contributed by atoms with Gasteiger partial charge in [-0.1, -0.05) is 27.3 Å². The van der Waals surface area contributed by atoms with Gasteiger partial charge >= 0.3 is 4.87 Å². The van der Waals surface area contributed by atoms with E-state index in [-0.39, 0.29) is 21.3 Å². The fourth-order valence-corrected chi connectivity index (χ4v) is 2.21. The van der Waals surface area contributed by atoms with Gasteiger partial charge in [-0.2, -0.15) is 0 Å². The van der Waals surface area contributed by atoms with Crippen molar-refractivity contribution in [1.29, 1.82) is 0 Å². The molecule has 0 spiro atoms. The quantitative estimate of drug-likeness (QED) is 0.710. The molecule has 1 aromatic carbocycles. The van der Waals surface area contributed by atoms with Gasteiger partial charge in [-0.05, 0) is 18.2 Å². The second-order valence-corrected chi connectivity index (χ2v) is 4.09. The third-order valence-corrected chi connectivity index (χ3v) is 2.72. The molecule has 0 bridgehead atoms. The van der Waals surface area contributed by atoms with E-state index in [1.807, 2.05) is 18.2 Å². The smallest absolute Gasteiger partial charge is 0.305 e. The Morgan fingerprint density at radius 3 is 2.50 bits per heavy atom. The molecule has 0 amide bonds. The van der Waals surface area contributed by atoms with E-state index in [4.69, 9.17) is 0 Å². The van der Waals surface area contributed by atoms with Crippen molar-refractivity contribution in [2.45, 2.75) is 0 Å². The zero-order valence-electron chi connectivity index (χ0n) is 6.93. The average Bonchev–Trinajstić information content (AvgIpc) is 2.27. The lowest BCUT2D eigenvalue weighted by Gasteiger charge is -1.87. The van der Waals surface area contributed by atoms with Gasteiger partial charge in [-0.3, -0.25) is 4.79 Å². The van der Waals surface area contributed by atoms with Crippen molar-refractivity contribution >= 4 is 37.5 Å². The minimum Gasteiger partial charge on any atom is -0.412 e. The van der Waals surface area contributed by atoms with Crippen LogP contribution in [0.15, 0.2) is 27.5 Å². The average molecular weight is 284 g/mol. The third kappa shape index (κ3) is 2.89. The van der Waals surface area contributed by atoms with Crippen LogP contribution in [0.25, 0.3) is 10.2 Å². The summed E-state index contributed by atoms with van der Waals surface area (Å²) < 4.78 is 1.99. The first-order chi connectivity index (χ1) is 5.25. The van der Waals surface area contributed by atoms with E-state index < -0.39 is 0 Å². The summed E-state index contributed by atoms with van der Waals surface area (Å²) in [5, 5.41) is 0. The van der Waals surface area contributed by atoms with Crippen molar-refractivity contribution < 1.29 is 16.4 Å². The molecular formula is C7H10BrNO4S. The zero-order valence-corrected chi connectivity index (χ0v) is 9.33. The van der Waals surface area contributed by atoms with Gasteiger partial charge in [0.15, 0.2) is 0 Å². The van der Waals surface area contributed by atoms with Crippen LogP contribution < -0.4 is 4.87 Å². The highest BCUT2D eigenvalue weighted by Gasteiger charge is 1.97. The molecule has 14 heavy (non-hydrogen) atoms. The van der Waals surface area contributed by atoms with Crippen LogP contribution in [0.2, 0.25) is 0 Å². The molecule has 2 rings (SSSR count). The van der Waals surface area contributed by atoms with E-state index >= 15 is 0 Å². The summed E-state index contributed by atoms with van der Waals surface area (Å²) in [6.45, 7) is 0. The van der Waals surface area contributed by atoms with Gasteiger partial charge in [0.05, 0.1) is 10.2 Å². The van der Waals surface area contributed by atoms with Crippen LogP contribution in [0.1, 0.15) is 0 Å². The fraction of sp³-hybridized carbons (Fsp3) is 0. The molecule has 80 valence electrons. The van der Waals surface area contributed by atoms with Crippen LogP contribution in [0, 0.1) is 0 Å². The maximum absolute atomic E-state index is 10.8. The van der Waals surface area contributed by atoms with Crippen molar-refractivity contribution in [2.75, 3.05) is 0 Å². The van der Waals surface area contributed by atoms with Crippen molar-refractivity contribution in [2.24, 2.45) is 0 Å². The number of halogens is 1. The van der Waals surface area contributed by atoms with Crippen LogP contribution >= 0.6 is 27.3 Å². The first-order valence-electron chi connectivity index (χ1n) is 3.04. The molecule has 0 aliphatic carbocycles. The Morgan fingerprint density at radius 2 is 1.86 bits per heavy atom. The number of rotatable bonds is 0. The monoisotopic (exact) mass is 283 g/mol. The Morgan fingerprint density at radius 1 is 1.21 bits per heavy atom. The maximum atomic E-state index is 10.8. The first kappa shape index (κ1) is 15.7. The molecule has 0 atom stereocenters. The van der Waals surface area contributed by atoms with Crippen molar-refractivity contribution in [3.8, 4) is 0 Å². The number of thiazole rings is 1. The lowest BCUT2D eigenvalue weighted by atomic mass is 10.3. The Hall–Kier alpha value is -0.730. The first-order valence-corrected chi connectivity index (χ1v) is 4.65. The number of aromatic amines is 1. The molecule has 7 heteroatoms. The summed E-state index contributed by atoms with van der Waals surface area (Å²) in [7, 11) is 0. The summed E-state index contributed by atoms with van der Waals surface area (Å²) in [5.74, 6) is 0. The second-order valence-electron chi connectivity index (χ2n) is 2.16. The lowest BCUT2D eigenvalue weighted by Crippen LogP contribution is -1.89. The van der Waals surface area contributed by atoms with Gasteiger partial charge in [0.1, 0.15) is 0 Å². The highest BCUT2D eigenvalue weighted by molar-refractivity contribution is 9.10. The maximum Gasteiger partial charge on any atom is 0.305 e. The van der Waals surface area contributed by atoms with Crippen LogP contribution in [-0.4, -0.2) is 21.4 Å². The largest absolute Gasteiger partial charge is 0.412 e. The van der Waals surface area contributed by atoms with Crippen LogP contribution in [0.5, 0.6) is 0 Å². The van der Waals surface area contributed by atoms with Gasteiger partial charge in [-0.15, -0.1) is 0 Å². The molecule has 1 aromatic heterocycles. The minimum atomic E-state index is -0.00176. The summed E-state index contributed by atoms with van der Waals surface area (Å²) >= 11 is 4.56. The Balaban J connectivity index is 0. The van der Waals surface area contributed by atoms with E-state index in [1.54, 1.807) is 0 Å². The van der Waals surface area contributed by atoms with E-state index in [1.165, 1.54) is 11.3 Å². The third-order valence-electron chi connectivity index (χ3n) is 1.38. The standard InChI is InChI=1S/C7H4BrNOS.3H2O/c8-4-1-2-5-6(3-4)11-7(10)9-5;;;/h1-3H,(H,9,10);3*1H2. The zero-order chi connectivity index (χ0) is 7.84. The molecule has 5 nitrogen and oxygen atoms in total. The van der Waals surface area contributed by atoms with E-state index in [0.717, 1.165) is 14.7 Å². The summed E-state index contributed by atoms with van der Waals surface area (Å²) in [5.41, 5.74) is 0.906. The van der Waals surface area contributed by atoms with Gasteiger partial charge in [0.25, 0.3) is 0 Å². The van der Waals surface area contributed by atoms with Crippen molar-refractivity contribution in [3.05, 3.63) is 32.3 Å². The number of nitrogens with one attached hydrogen (secondary N) is 1. The highest BCUT2D eigenvalue weighted by atomic mass is 79.9. The highest BCUT2D eigenvalue weighted by Crippen LogP contribution is 2.19. The number of benzene rings is 1. The molecule has 1 heterocycles. The van der Waals surface area contributed by atoms with Crippen molar-refractivity contribution in [1.82, 2.24) is 4.98 Å². The molecule has 0 aliphatic rings. The van der Waals surface area contributed by atoms with E-state index in [0.29, 0.717) is 0 Å². The summed E-state index contributed by atoms with van der Waals surface area (Å²) in [4.78, 5) is 13.6. The predicted octanol–water partition coefficient (Wildman–Crippen LogP) is -0.122. The summed E-state index contributed by atoms with van der Waals surface area (Å²) in [6.07, 6.45) is 0. The van der Waals surface area contributed by atoms with Gasteiger partial charge in [0, 0.05) is 4.47 Å². The number of fused-ring (bicyclic) bond motifs is 1. The van der Waals surface area contributed by atoms with Crippen LogP contribution in [0.4, 0.5) is 0 Å². The Bertz CT molecular complexity index is 452. The summed E-state index contributed by atoms with van der Waals surface area (Å²) in [6, 6.07) is 5.72. The molecule has 0 unspecified atom stereocenters. The minimum absolute atomic E-state index is 0. The normalized spacial score (nSPS) is 8.36. The van der Waals surface area contributed by atoms with Gasteiger partial charge in [0.2, 0.25) is 0 Å². The molecule has 0 saturated carbocycles. The second kappa shape index (κ2) is 5.89. The number of H-pyrrole nitrogens is 1. The van der Waals surface area contributed by atoms with Crippen LogP contribution in [-0.2, 0) is 0 Å². The van der Waals surface area contributed by atoms with Gasteiger partial charge < -0.3 is 21.4 Å². The Labute approximate surface area is 91.4 Å². The molecule has 0 saturated heterocycles. The fourth-order valence-electron chi connectivity index (χ4n) is 0.919. The Kier molecular flexibility index (Phi) is 6.61. The number of aromatic nitrogens is 1. The molecule has 7 N–H and O–H groups in total. The van der Waals surface area contributed by atoms with Crippen molar-refractivity contribution in [3.63, 3.8) is 0 Å². The molecular weight excluding hydrogens is 274 g/mol. The lowest BCUT2D eigenvalue weighted by molar-refractivity contribution is 0.823. The van der Waals surface area contributed by atoms with Crippen LogP contribution in [0.3, 0.4) is 0 Å². The number of hydrogen-bond acceptors (Lipinski definition) is 2. The molecule has 2 aromatic rings. The number of hydrogen-bond donors (Lipinski definition) is 1. The molecule has 0 radical (unpaired) electrons. The predicted molar refractivity (Wildman–Crippen MR) is 61.0 cm³/mol. The van der Waals surface area contributed by atoms with Gasteiger partial charge in [-0.25, -0.2) is 0 Å².